The molecule has 0 bridgehead atoms. The van der Waals surface area contributed by atoms with Crippen molar-refractivity contribution in [3.8, 4) is 17.1 Å². The molecule has 1 aromatic carbocycles. The third kappa shape index (κ3) is 5.05. The number of rotatable bonds is 6. The van der Waals surface area contributed by atoms with E-state index in [4.69, 9.17) is 4.42 Å². The number of aromatic nitrogens is 2. The molecule has 0 atom stereocenters. The second-order valence-corrected chi connectivity index (χ2v) is 10.1. The van der Waals surface area contributed by atoms with Crippen LogP contribution in [0.15, 0.2) is 53.1 Å². The smallest absolute Gasteiger partial charge is 0.257 e. The Labute approximate surface area is 182 Å². The van der Waals surface area contributed by atoms with Crippen LogP contribution in [-0.4, -0.2) is 78.6 Å². The number of hydrogen-bond donors (Lipinski definition) is 0. The van der Waals surface area contributed by atoms with Gasteiger partial charge in [-0.05, 0) is 31.2 Å². The summed E-state index contributed by atoms with van der Waals surface area (Å²) in [5.41, 5.74) is 1.86. The number of carbonyl (C=O) groups excluding carboxylic acids is 1. The van der Waals surface area contributed by atoms with Gasteiger partial charge in [0.05, 0.1) is 17.0 Å². The van der Waals surface area contributed by atoms with Gasteiger partial charge in [0.1, 0.15) is 21.3 Å². The number of furan rings is 1. The van der Waals surface area contributed by atoms with Gasteiger partial charge in [0.25, 0.3) is 5.91 Å². The van der Waals surface area contributed by atoms with Gasteiger partial charge in [-0.15, -0.1) is 0 Å². The summed E-state index contributed by atoms with van der Waals surface area (Å²) in [5, 5.41) is 4.65. The highest BCUT2D eigenvalue weighted by Crippen LogP contribution is 2.27. The van der Waals surface area contributed by atoms with E-state index in [0.717, 1.165) is 11.4 Å². The van der Waals surface area contributed by atoms with E-state index >= 15 is 0 Å². The summed E-state index contributed by atoms with van der Waals surface area (Å²) in [7, 11) is -3.00. The number of nitrogens with zero attached hydrogens (tertiary/aromatic N) is 4. The highest BCUT2D eigenvalue weighted by Gasteiger charge is 2.28. The molecule has 9 heteroatoms. The van der Waals surface area contributed by atoms with Crippen molar-refractivity contribution in [2.75, 3.05) is 44.7 Å². The van der Waals surface area contributed by atoms with E-state index in [0.29, 0.717) is 49.7 Å². The Bertz CT molecular complexity index is 1160. The minimum absolute atomic E-state index is 0.103. The topological polar surface area (TPSA) is 88.7 Å². The first-order valence-corrected chi connectivity index (χ1v) is 12.3. The van der Waals surface area contributed by atoms with Crippen molar-refractivity contribution in [2.45, 2.75) is 6.92 Å². The van der Waals surface area contributed by atoms with Crippen molar-refractivity contribution in [1.82, 2.24) is 19.6 Å². The second kappa shape index (κ2) is 8.68. The number of amides is 1. The fourth-order valence-corrected chi connectivity index (χ4v) is 4.22. The quantitative estimate of drug-likeness (QED) is 0.582. The lowest BCUT2D eigenvalue weighted by molar-refractivity contribution is 0.0644. The van der Waals surface area contributed by atoms with Crippen LogP contribution in [-0.2, 0) is 9.84 Å². The molecule has 1 amide bonds. The highest BCUT2D eigenvalue weighted by atomic mass is 32.2. The summed E-state index contributed by atoms with van der Waals surface area (Å²) in [6.07, 6.45) is 3.00. The maximum Gasteiger partial charge on any atom is 0.257 e. The van der Waals surface area contributed by atoms with Gasteiger partial charge in [0.15, 0.2) is 5.76 Å². The minimum Gasteiger partial charge on any atom is -0.460 e. The second-order valence-electron chi connectivity index (χ2n) is 7.85. The number of aryl methyl sites for hydroxylation is 1. The lowest BCUT2D eigenvalue weighted by Crippen LogP contribution is -2.49. The summed E-state index contributed by atoms with van der Waals surface area (Å²) in [6.45, 7) is 4.71. The molecule has 1 aliphatic rings. The predicted molar refractivity (Wildman–Crippen MR) is 118 cm³/mol. The molecule has 31 heavy (non-hydrogen) atoms. The summed E-state index contributed by atoms with van der Waals surface area (Å²) < 4.78 is 30.3. The summed E-state index contributed by atoms with van der Waals surface area (Å²) in [5.74, 6) is 1.34. The number of piperazine rings is 1. The van der Waals surface area contributed by atoms with Crippen LogP contribution in [0.4, 0.5) is 0 Å². The van der Waals surface area contributed by atoms with Gasteiger partial charge in [0.2, 0.25) is 0 Å². The Hall–Kier alpha value is -2.91. The zero-order valence-electron chi connectivity index (χ0n) is 17.7. The van der Waals surface area contributed by atoms with Gasteiger partial charge in [-0.25, -0.2) is 13.1 Å². The molecule has 3 heterocycles. The number of benzene rings is 1. The Morgan fingerprint density at radius 2 is 1.77 bits per heavy atom. The van der Waals surface area contributed by atoms with Crippen LogP contribution in [0.5, 0.6) is 0 Å². The Morgan fingerprint density at radius 3 is 2.39 bits per heavy atom. The first kappa shape index (κ1) is 21.3. The predicted octanol–water partition coefficient (Wildman–Crippen LogP) is 2.24. The van der Waals surface area contributed by atoms with Crippen molar-refractivity contribution in [2.24, 2.45) is 0 Å². The Morgan fingerprint density at radius 1 is 1.06 bits per heavy atom. The molecule has 3 aromatic rings. The summed E-state index contributed by atoms with van der Waals surface area (Å²) in [6, 6.07) is 13.3. The molecule has 0 aliphatic carbocycles. The van der Waals surface area contributed by atoms with Gasteiger partial charge in [0, 0.05) is 45.2 Å². The third-order valence-corrected chi connectivity index (χ3v) is 6.30. The first-order chi connectivity index (χ1) is 14.8. The standard InChI is InChI=1S/C22H26N4O4S/c1-17-8-9-20(30-17)21-19(16-26(23-21)18-6-4-3-5-7-18)22(27)25-12-10-24(11-13-25)14-15-31(2,28)29/h3-9,16H,10-15H2,1-2H3. The van der Waals surface area contributed by atoms with Gasteiger partial charge in [-0.2, -0.15) is 5.10 Å². The molecule has 1 aliphatic heterocycles. The van der Waals surface area contributed by atoms with Gasteiger partial charge >= 0.3 is 0 Å². The number of para-hydroxylation sites is 1. The van der Waals surface area contributed by atoms with E-state index in [1.807, 2.05) is 49.4 Å². The van der Waals surface area contributed by atoms with E-state index < -0.39 is 9.84 Å². The van der Waals surface area contributed by atoms with Crippen molar-refractivity contribution < 1.29 is 17.6 Å². The molecular formula is C22H26N4O4S. The largest absolute Gasteiger partial charge is 0.460 e. The van der Waals surface area contributed by atoms with E-state index in [1.54, 1.807) is 15.8 Å². The molecule has 0 radical (unpaired) electrons. The van der Waals surface area contributed by atoms with Gasteiger partial charge in [-0.3, -0.25) is 9.69 Å². The molecule has 0 saturated carbocycles. The zero-order chi connectivity index (χ0) is 22.0. The van der Waals surface area contributed by atoms with E-state index in [-0.39, 0.29) is 11.7 Å². The molecule has 0 N–H and O–H groups in total. The van der Waals surface area contributed by atoms with Crippen molar-refractivity contribution in [3.05, 3.63) is 60.0 Å². The number of carbonyl (C=O) groups is 1. The molecule has 8 nitrogen and oxygen atoms in total. The highest BCUT2D eigenvalue weighted by molar-refractivity contribution is 7.90. The van der Waals surface area contributed by atoms with E-state index in [1.165, 1.54) is 6.26 Å². The normalized spacial score (nSPS) is 15.4. The fraction of sp³-hybridized carbons (Fsp3) is 0.364. The lowest BCUT2D eigenvalue weighted by Gasteiger charge is -2.34. The van der Waals surface area contributed by atoms with Crippen LogP contribution in [0, 0.1) is 6.92 Å². The van der Waals surface area contributed by atoms with Gasteiger partial charge < -0.3 is 9.32 Å². The average molecular weight is 443 g/mol. The molecular weight excluding hydrogens is 416 g/mol. The van der Waals surface area contributed by atoms with Crippen molar-refractivity contribution in [1.29, 1.82) is 0 Å². The molecule has 1 saturated heterocycles. The average Bonchev–Trinajstić information content (AvgIpc) is 3.39. The fourth-order valence-electron chi connectivity index (χ4n) is 3.63. The Kier molecular flexibility index (Phi) is 5.97. The number of sulfone groups is 1. The van der Waals surface area contributed by atoms with Gasteiger partial charge in [-0.1, -0.05) is 18.2 Å². The molecule has 164 valence electrons. The van der Waals surface area contributed by atoms with Crippen LogP contribution in [0.25, 0.3) is 17.1 Å². The van der Waals surface area contributed by atoms with Crippen molar-refractivity contribution >= 4 is 15.7 Å². The minimum atomic E-state index is -3.00. The summed E-state index contributed by atoms with van der Waals surface area (Å²) >= 11 is 0. The SMILES string of the molecule is Cc1ccc(-c2nn(-c3ccccc3)cc2C(=O)N2CCN(CCS(C)(=O)=O)CC2)o1. The first-order valence-electron chi connectivity index (χ1n) is 10.2. The van der Waals surface area contributed by atoms with E-state index in [9.17, 15) is 13.2 Å². The molecule has 2 aromatic heterocycles. The number of hydrogen-bond acceptors (Lipinski definition) is 6. The van der Waals surface area contributed by atoms with Crippen molar-refractivity contribution in [3.63, 3.8) is 0 Å². The van der Waals surface area contributed by atoms with Crippen LogP contribution in [0.1, 0.15) is 16.1 Å². The zero-order valence-corrected chi connectivity index (χ0v) is 18.5. The van der Waals surface area contributed by atoms with E-state index in [2.05, 4.69) is 10.00 Å². The molecule has 1 fully saturated rings. The maximum absolute atomic E-state index is 13.4. The summed E-state index contributed by atoms with van der Waals surface area (Å²) in [4.78, 5) is 17.3. The van der Waals surface area contributed by atoms with Crippen LogP contribution in [0.3, 0.4) is 0 Å². The lowest BCUT2D eigenvalue weighted by atomic mass is 10.1. The van der Waals surface area contributed by atoms with Crippen LogP contribution < -0.4 is 0 Å². The Balaban J connectivity index is 1.55. The molecule has 0 unspecified atom stereocenters. The third-order valence-electron chi connectivity index (χ3n) is 5.38. The maximum atomic E-state index is 13.4. The van der Waals surface area contributed by atoms with Crippen LogP contribution >= 0.6 is 0 Å². The molecule has 4 rings (SSSR count). The van der Waals surface area contributed by atoms with Crippen LogP contribution in [0.2, 0.25) is 0 Å². The molecule has 0 spiro atoms. The monoisotopic (exact) mass is 442 g/mol.